The second-order valence-corrected chi connectivity index (χ2v) is 4.60. The zero-order valence-electron chi connectivity index (χ0n) is 7.40. The van der Waals surface area contributed by atoms with Gasteiger partial charge in [-0.05, 0) is 0 Å². The van der Waals surface area contributed by atoms with E-state index in [2.05, 4.69) is 8.92 Å². The van der Waals surface area contributed by atoms with E-state index in [0.717, 1.165) is 6.26 Å². The summed E-state index contributed by atoms with van der Waals surface area (Å²) >= 11 is 0. The Morgan fingerprint density at radius 2 is 2.00 bits per heavy atom. The molecule has 0 aromatic carbocycles. The number of hydrogen-bond acceptors (Lipinski definition) is 7. The molecule has 1 saturated heterocycles. The zero-order valence-corrected chi connectivity index (χ0v) is 8.22. The first-order valence-electron chi connectivity index (χ1n) is 3.86. The highest BCUT2D eigenvalue weighted by atomic mass is 32.2. The summed E-state index contributed by atoms with van der Waals surface area (Å²) < 4.78 is 30.5. The molecule has 84 valence electrons. The first-order valence-corrected chi connectivity index (χ1v) is 5.67. The molecule has 4 atom stereocenters. The molecule has 1 heterocycles. The Bertz CT molecular complexity index is 287. The molecular weight excluding hydrogens is 216 g/mol. The van der Waals surface area contributed by atoms with Crippen LogP contribution in [0.4, 0.5) is 0 Å². The van der Waals surface area contributed by atoms with Crippen molar-refractivity contribution in [3.63, 3.8) is 0 Å². The largest absolute Gasteiger partial charge is 0.394 e. The third kappa shape index (κ3) is 2.62. The average molecular weight is 228 g/mol. The van der Waals surface area contributed by atoms with Crippen molar-refractivity contribution >= 4 is 10.1 Å². The second-order valence-electron chi connectivity index (χ2n) is 3.00. The van der Waals surface area contributed by atoms with Crippen LogP contribution >= 0.6 is 0 Å². The van der Waals surface area contributed by atoms with E-state index in [0.29, 0.717) is 0 Å². The molecule has 0 spiro atoms. The smallest absolute Gasteiger partial charge is 0.264 e. The Balaban J connectivity index is 2.70. The molecule has 1 rings (SSSR count). The van der Waals surface area contributed by atoms with Crippen molar-refractivity contribution in [1.82, 2.24) is 0 Å². The molecule has 14 heavy (non-hydrogen) atoms. The van der Waals surface area contributed by atoms with Crippen molar-refractivity contribution in [2.45, 2.75) is 24.6 Å². The lowest BCUT2D eigenvalue weighted by Crippen LogP contribution is -2.37. The standard InChI is InChI=1S/C6H12O7S/c1-14(10,11)13-5-4(8)3(2-7)12-6(5)9/h3-9H,2H2,1H3. The molecule has 0 aromatic rings. The molecule has 0 aromatic heterocycles. The van der Waals surface area contributed by atoms with Crippen molar-refractivity contribution < 1.29 is 32.7 Å². The van der Waals surface area contributed by atoms with Crippen LogP contribution in [0, 0.1) is 0 Å². The van der Waals surface area contributed by atoms with Gasteiger partial charge >= 0.3 is 0 Å². The minimum absolute atomic E-state index is 0.526. The van der Waals surface area contributed by atoms with E-state index < -0.39 is 41.3 Å². The summed E-state index contributed by atoms with van der Waals surface area (Å²) in [6.45, 7) is -0.526. The number of rotatable bonds is 3. The van der Waals surface area contributed by atoms with Gasteiger partial charge in [0.1, 0.15) is 12.2 Å². The number of hydrogen-bond donors (Lipinski definition) is 3. The summed E-state index contributed by atoms with van der Waals surface area (Å²) in [7, 11) is -3.79. The molecule has 0 radical (unpaired) electrons. The maximum atomic E-state index is 10.7. The monoisotopic (exact) mass is 228 g/mol. The summed E-state index contributed by atoms with van der Waals surface area (Å²) in [6, 6.07) is 0. The van der Waals surface area contributed by atoms with Crippen molar-refractivity contribution in [3.8, 4) is 0 Å². The molecule has 7 nitrogen and oxygen atoms in total. The normalized spacial score (nSPS) is 38.9. The van der Waals surface area contributed by atoms with Gasteiger partial charge in [0.2, 0.25) is 0 Å². The fourth-order valence-electron chi connectivity index (χ4n) is 1.17. The molecule has 0 amide bonds. The Hall–Kier alpha value is -0.250. The van der Waals surface area contributed by atoms with E-state index in [4.69, 9.17) is 10.2 Å². The Morgan fingerprint density at radius 3 is 2.36 bits per heavy atom. The van der Waals surface area contributed by atoms with Gasteiger partial charge in [-0.2, -0.15) is 8.42 Å². The van der Waals surface area contributed by atoms with E-state index >= 15 is 0 Å². The molecule has 0 aliphatic carbocycles. The van der Waals surface area contributed by atoms with Crippen molar-refractivity contribution in [1.29, 1.82) is 0 Å². The first-order chi connectivity index (χ1) is 6.35. The first kappa shape index (κ1) is 11.8. The van der Waals surface area contributed by atoms with E-state index in [-0.39, 0.29) is 0 Å². The van der Waals surface area contributed by atoms with Crippen molar-refractivity contribution in [3.05, 3.63) is 0 Å². The average Bonchev–Trinajstić information content (AvgIpc) is 2.29. The Kier molecular flexibility index (Phi) is 3.45. The van der Waals surface area contributed by atoms with Gasteiger partial charge < -0.3 is 20.1 Å². The lowest BCUT2D eigenvalue weighted by Gasteiger charge is -2.15. The fourth-order valence-corrected chi connectivity index (χ4v) is 1.79. The Labute approximate surface area is 81.0 Å². The minimum Gasteiger partial charge on any atom is -0.394 e. The highest BCUT2D eigenvalue weighted by Gasteiger charge is 2.45. The molecule has 1 fully saturated rings. The predicted molar refractivity (Wildman–Crippen MR) is 43.7 cm³/mol. The van der Waals surface area contributed by atoms with Crippen LogP contribution in [0.3, 0.4) is 0 Å². The van der Waals surface area contributed by atoms with E-state index in [1.54, 1.807) is 0 Å². The van der Waals surface area contributed by atoms with Gasteiger partial charge in [-0.3, -0.25) is 4.18 Å². The molecule has 8 heteroatoms. The topological polar surface area (TPSA) is 113 Å². The molecule has 1 aliphatic heterocycles. The minimum atomic E-state index is -3.79. The lowest BCUT2D eigenvalue weighted by molar-refractivity contribution is -0.127. The van der Waals surface area contributed by atoms with Crippen molar-refractivity contribution in [2.75, 3.05) is 12.9 Å². The van der Waals surface area contributed by atoms with Gasteiger partial charge in [0, 0.05) is 0 Å². The zero-order chi connectivity index (χ0) is 10.9. The summed E-state index contributed by atoms with van der Waals surface area (Å²) in [6.07, 6.45) is -4.56. The number of aliphatic hydroxyl groups is 3. The quantitative estimate of drug-likeness (QED) is 0.454. The SMILES string of the molecule is CS(=O)(=O)OC1C(O)OC(CO)C1O. The molecule has 4 unspecified atom stereocenters. The summed E-state index contributed by atoms with van der Waals surface area (Å²) in [5.74, 6) is 0. The van der Waals surface area contributed by atoms with Crippen LogP contribution < -0.4 is 0 Å². The molecule has 1 aliphatic rings. The molecule has 3 N–H and O–H groups in total. The van der Waals surface area contributed by atoms with Gasteiger partial charge in [-0.25, -0.2) is 0 Å². The second kappa shape index (κ2) is 4.09. The number of aliphatic hydroxyl groups excluding tert-OH is 3. The summed E-state index contributed by atoms with van der Waals surface area (Å²) in [5, 5.41) is 27.2. The maximum absolute atomic E-state index is 10.7. The van der Waals surface area contributed by atoms with Crippen LogP contribution in [0.5, 0.6) is 0 Å². The third-order valence-corrected chi connectivity index (χ3v) is 2.35. The highest BCUT2D eigenvalue weighted by Crippen LogP contribution is 2.23. The Morgan fingerprint density at radius 1 is 1.43 bits per heavy atom. The van der Waals surface area contributed by atoms with Crippen molar-refractivity contribution in [2.24, 2.45) is 0 Å². The van der Waals surface area contributed by atoms with Crippen LogP contribution in [0.15, 0.2) is 0 Å². The van der Waals surface area contributed by atoms with E-state index in [1.165, 1.54) is 0 Å². The number of ether oxygens (including phenoxy) is 1. The third-order valence-electron chi connectivity index (χ3n) is 1.78. The van der Waals surface area contributed by atoms with Crippen LogP contribution in [0.1, 0.15) is 0 Å². The van der Waals surface area contributed by atoms with Crippen LogP contribution in [0.2, 0.25) is 0 Å². The van der Waals surface area contributed by atoms with E-state index in [1.807, 2.05) is 0 Å². The molecule has 0 saturated carbocycles. The van der Waals surface area contributed by atoms with Crippen LogP contribution in [0.25, 0.3) is 0 Å². The van der Waals surface area contributed by atoms with Gasteiger partial charge in [0.25, 0.3) is 10.1 Å². The van der Waals surface area contributed by atoms with Gasteiger partial charge in [-0.1, -0.05) is 0 Å². The van der Waals surface area contributed by atoms with Gasteiger partial charge in [0.15, 0.2) is 12.4 Å². The molecule has 0 bridgehead atoms. The highest BCUT2D eigenvalue weighted by molar-refractivity contribution is 7.86. The lowest BCUT2D eigenvalue weighted by atomic mass is 10.1. The van der Waals surface area contributed by atoms with Gasteiger partial charge in [-0.15, -0.1) is 0 Å². The van der Waals surface area contributed by atoms with E-state index in [9.17, 15) is 13.5 Å². The van der Waals surface area contributed by atoms with Gasteiger partial charge in [0.05, 0.1) is 12.9 Å². The van der Waals surface area contributed by atoms with Crippen LogP contribution in [-0.2, 0) is 19.0 Å². The summed E-state index contributed by atoms with van der Waals surface area (Å²) in [4.78, 5) is 0. The predicted octanol–water partition coefficient (Wildman–Crippen LogP) is -2.60. The summed E-state index contributed by atoms with van der Waals surface area (Å²) in [5.41, 5.74) is 0. The maximum Gasteiger partial charge on any atom is 0.264 e. The fraction of sp³-hybridized carbons (Fsp3) is 1.00. The molecular formula is C6H12O7S. The van der Waals surface area contributed by atoms with Crippen LogP contribution in [-0.4, -0.2) is 61.2 Å².